The second-order valence-electron chi connectivity index (χ2n) is 28.5. The first kappa shape index (κ1) is 93.7. The molecule has 9 aliphatic rings. The van der Waals surface area contributed by atoms with Crippen molar-refractivity contribution in [2.24, 2.45) is 0 Å². The van der Waals surface area contributed by atoms with Crippen LogP contribution < -0.4 is 21.3 Å². The maximum Gasteiger partial charge on any atom is 0.217 e. The Hall–Kier alpha value is -3.76. The molecule has 19 unspecified atom stereocenters. The lowest BCUT2D eigenvalue weighted by Gasteiger charge is -2.51. The molecule has 4 amide bonds. The van der Waals surface area contributed by atoms with Crippen LogP contribution in [0, 0.1) is 0 Å². The van der Waals surface area contributed by atoms with Gasteiger partial charge in [0.15, 0.2) is 50.3 Å². The van der Waals surface area contributed by atoms with Crippen molar-refractivity contribution in [3.05, 3.63) is 0 Å². The molecule has 9 saturated heterocycles. The number of nitrogens with one attached hydrogen (secondary N) is 4. The second kappa shape index (κ2) is 40.8. The van der Waals surface area contributed by atoms with Crippen LogP contribution in [0.15, 0.2) is 0 Å². The van der Waals surface area contributed by atoms with Gasteiger partial charge in [-0.15, -0.1) is 0 Å². The Labute approximate surface area is 636 Å². The molecule has 0 bridgehead atoms. The SMILES string of the molecule is CC(=O)NC1C(O)[C@H](O[C@@H]2OC(CO)[C@H](O)C(O)[C@@H]2O)[C@H](CO)O[C@H]1OC1[C@@H](OCC2O[C@@H](O[C@@H]3C(CO)O[C@@H](O[C@@H]4C(CO)O[C@@H](C)C(NC(C)=O)[C@H]4O)C(NC(C)=O)[C@H]3O)C(O)[C@@H](O[C@H]3OC(CO)[C@@H](O)C(O)C3O[C@@H]3OC(CO)[C@@H](O[C@@H]4OC(C)[C@H](O)[C@H](O)C4O)[C@H](O)C3NC(C)=O)[C@@H]2O)OC(CO)[C@@H](O)[C@@H]1O.O. The number of hydrogen-bond donors (Lipinski definition) is 27. The van der Waals surface area contributed by atoms with Crippen molar-refractivity contribution in [3.63, 3.8) is 0 Å². The van der Waals surface area contributed by atoms with Gasteiger partial charge in [0.1, 0.15) is 207 Å². The summed E-state index contributed by atoms with van der Waals surface area (Å²) < 4.78 is 102. The van der Waals surface area contributed by atoms with Crippen molar-refractivity contribution in [2.75, 3.05) is 52.9 Å². The lowest BCUT2D eigenvalue weighted by atomic mass is 9.92. The molecular weight excluding hydrogens is 1530 g/mol. The van der Waals surface area contributed by atoms with Crippen LogP contribution in [-0.4, -0.2) is 475 Å². The Morgan fingerprint density at radius 2 is 0.527 bits per heavy atom. The number of amides is 4. The Balaban J connectivity index is 0.0000157. The van der Waals surface area contributed by atoms with E-state index in [0.29, 0.717) is 0 Å². The molecule has 0 aromatic rings. The van der Waals surface area contributed by atoms with Gasteiger partial charge < -0.3 is 225 Å². The molecule has 9 rings (SSSR count). The Kier molecular flexibility index (Phi) is 34.1. The van der Waals surface area contributed by atoms with Crippen LogP contribution in [0.1, 0.15) is 41.5 Å². The lowest BCUT2D eigenvalue weighted by molar-refractivity contribution is -0.398. The van der Waals surface area contributed by atoms with Crippen molar-refractivity contribution >= 4 is 23.6 Å². The summed E-state index contributed by atoms with van der Waals surface area (Å²) >= 11 is 0. The smallest absolute Gasteiger partial charge is 0.217 e. The monoisotopic (exact) mass is 1640 g/mol. The minimum absolute atomic E-state index is 0. The number of aliphatic hydroxyl groups is 23. The van der Waals surface area contributed by atoms with E-state index in [2.05, 4.69) is 21.3 Å². The van der Waals surface area contributed by atoms with E-state index in [1.807, 2.05) is 0 Å². The third kappa shape index (κ3) is 20.6. The summed E-state index contributed by atoms with van der Waals surface area (Å²) in [5, 5.41) is 267. The zero-order valence-corrected chi connectivity index (χ0v) is 61.0. The van der Waals surface area contributed by atoms with Gasteiger partial charge in [0, 0.05) is 27.7 Å². The summed E-state index contributed by atoms with van der Waals surface area (Å²) in [5.74, 6) is -3.35. The third-order valence-corrected chi connectivity index (χ3v) is 20.6. The molecule has 0 aromatic heterocycles. The predicted octanol–water partition coefficient (Wildman–Crippen LogP) is -18.8. The Morgan fingerprint density at radius 3 is 0.920 bits per heavy atom. The Morgan fingerprint density at radius 1 is 0.250 bits per heavy atom. The summed E-state index contributed by atoms with van der Waals surface area (Å²) in [4.78, 5) is 51.1. The van der Waals surface area contributed by atoms with Crippen LogP contribution in [0.4, 0.5) is 0 Å². The van der Waals surface area contributed by atoms with Crippen molar-refractivity contribution in [1.29, 1.82) is 0 Å². The molecule has 0 saturated carbocycles. The van der Waals surface area contributed by atoms with Crippen LogP contribution in [0.5, 0.6) is 0 Å². The molecule has 650 valence electrons. The molecule has 112 heavy (non-hydrogen) atoms. The van der Waals surface area contributed by atoms with Gasteiger partial charge in [0.05, 0.1) is 71.1 Å². The summed E-state index contributed by atoms with van der Waals surface area (Å²) in [6.45, 7) is -1.73. The zero-order valence-electron chi connectivity index (χ0n) is 61.0. The van der Waals surface area contributed by atoms with E-state index < -0.39 is 352 Å². The molecule has 0 aliphatic carbocycles. The average molecular weight is 1640 g/mol. The highest BCUT2D eigenvalue weighted by atomic mass is 16.8. The first-order valence-corrected chi connectivity index (χ1v) is 35.8. The first-order valence-electron chi connectivity index (χ1n) is 35.8. The largest absolute Gasteiger partial charge is 0.412 e. The van der Waals surface area contributed by atoms with E-state index in [1.165, 1.54) is 13.8 Å². The fraction of sp³-hybridized carbons (Fsp3) is 0.937. The summed E-state index contributed by atoms with van der Waals surface area (Å²) in [7, 11) is 0. The van der Waals surface area contributed by atoms with Gasteiger partial charge in [-0.3, -0.25) is 19.2 Å². The number of rotatable bonds is 28. The molecule has 0 radical (unpaired) electrons. The van der Waals surface area contributed by atoms with E-state index in [0.717, 1.165) is 27.7 Å². The lowest BCUT2D eigenvalue weighted by Crippen LogP contribution is -2.71. The van der Waals surface area contributed by atoms with Gasteiger partial charge in [-0.2, -0.15) is 0 Å². The van der Waals surface area contributed by atoms with Gasteiger partial charge in [-0.05, 0) is 13.8 Å². The molecule has 9 heterocycles. The molecule has 29 N–H and O–H groups in total. The number of carbonyl (C=O) groups is 4. The van der Waals surface area contributed by atoms with Crippen LogP contribution in [-0.2, 0) is 99.7 Å². The third-order valence-electron chi connectivity index (χ3n) is 20.6. The highest BCUT2D eigenvalue weighted by Gasteiger charge is 2.61. The standard InChI is InChI=1S/C63H106N4O44.H2O/c1-15-29(64-17(3)75)38(84)49(24(10-71)96-15)105-56-30(65-18(4)76)39(85)52(27(13-74)101-56)108-61-48(94)53(109-63-55(45(91)36(82)23(9-70)100-63)111-58-32(67-20(6)78)40(86)50(25(11-72)103-58)106-59-46(92)42(88)33(79)16(2)97-59)37(83)28(104-61)14-95-62-54(44(90)35(81)22(8-69)99-62)110-57-31(66-19(5)77)41(87)51(26(12-73)102-57)107-60-47(93)43(89)34(80)21(7-68)98-60;/h15-16,21-63,68-74,79-94H,7-14H2,1-6H3,(H,64,75)(H,65,76)(H,66,77)(H,67,78);1H2/t15-,16?,21?,22?,23?,24?,25?,26-,27?,28?,29?,30?,31?,32?,33-,34-,35+,36+,37+,38+,39+,40+,41?,42-,43?,44-,45?,46?,47-,48?,49+,50+,51+,52+,53-,54?,55?,56-,57-,58-,59-,60-,61-,62-,63+;/m0./s1. The normalized spacial score (nSPS) is 48.8. The van der Waals surface area contributed by atoms with Gasteiger partial charge in [0.2, 0.25) is 23.6 Å². The van der Waals surface area contributed by atoms with Crippen LogP contribution >= 0.6 is 0 Å². The van der Waals surface area contributed by atoms with Crippen LogP contribution in [0.25, 0.3) is 0 Å². The average Bonchev–Trinajstić information content (AvgIpc) is 0.302. The molecule has 9 fully saturated rings. The molecule has 0 aromatic carbocycles. The van der Waals surface area contributed by atoms with E-state index >= 15 is 0 Å². The van der Waals surface area contributed by atoms with E-state index in [-0.39, 0.29) is 5.48 Å². The highest BCUT2D eigenvalue weighted by Crippen LogP contribution is 2.40. The molecular formula is C63H108N4O45. The zero-order chi connectivity index (χ0) is 81.8. The molecule has 9 aliphatic heterocycles. The minimum Gasteiger partial charge on any atom is -0.412 e. The maximum atomic E-state index is 13.0. The first-order chi connectivity index (χ1) is 52.5. The van der Waals surface area contributed by atoms with Crippen LogP contribution in [0.2, 0.25) is 0 Å². The van der Waals surface area contributed by atoms with Gasteiger partial charge in [-0.1, -0.05) is 0 Å². The van der Waals surface area contributed by atoms with E-state index in [9.17, 15) is 137 Å². The van der Waals surface area contributed by atoms with Gasteiger partial charge in [0.25, 0.3) is 0 Å². The fourth-order valence-electron chi connectivity index (χ4n) is 14.6. The number of aliphatic hydroxyl groups excluding tert-OH is 23. The predicted molar refractivity (Wildman–Crippen MR) is 349 cm³/mol. The number of hydrogen-bond acceptors (Lipinski definition) is 44. The van der Waals surface area contributed by atoms with Crippen molar-refractivity contribution in [2.45, 2.75) is 317 Å². The van der Waals surface area contributed by atoms with Gasteiger partial charge >= 0.3 is 0 Å². The summed E-state index contributed by atoms with van der Waals surface area (Å²) in [5.41, 5.74) is 0. The maximum absolute atomic E-state index is 13.0. The quantitative estimate of drug-likeness (QED) is 0.0346. The van der Waals surface area contributed by atoms with Crippen molar-refractivity contribution in [1.82, 2.24) is 21.3 Å². The van der Waals surface area contributed by atoms with E-state index in [1.54, 1.807) is 0 Å². The number of ether oxygens (including phenoxy) is 17. The van der Waals surface area contributed by atoms with Crippen molar-refractivity contribution in [3.8, 4) is 0 Å². The second-order valence-corrected chi connectivity index (χ2v) is 28.5. The van der Waals surface area contributed by atoms with E-state index in [4.69, 9.17) is 80.5 Å². The van der Waals surface area contributed by atoms with Crippen LogP contribution in [0.3, 0.4) is 0 Å². The van der Waals surface area contributed by atoms with Gasteiger partial charge in [-0.25, -0.2) is 0 Å². The highest BCUT2D eigenvalue weighted by molar-refractivity contribution is 5.74. The van der Waals surface area contributed by atoms with Crippen molar-refractivity contribution < 1.29 is 223 Å². The molecule has 0 spiro atoms. The minimum atomic E-state index is -2.54. The molecule has 49 heteroatoms. The number of carbonyl (C=O) groups excluding carboxylic acids is 4. The Bertz CT molecular complexity index is 2950. The topological polar surface area (TPSA) is 770 Å². The molecule has 49 nitrogen and oxygen atoms in total. The summed E-state index contributed by atoms with van der Waals surface area (Å²) in [6, 6.07) is -6.83. The fourth-order valence-corrected chi connectivity index (χ4v) is 14.6. The molecule has 45 atom stereocenters. The summed E-state index contributed by atoms with van der Waals surface area (Å²) in [6.07, 6.45) is -81.2.